The Morgan fingerprint density at radius 2 is 2.12 bits per heavy atom. The topological polar surface area (TPSA) is 58.4 Å². The number of rotatable bonds is 5. The zero-order valence-corrected chi connectivity index (χ0v) is 10.9. The van der Waals surface area contributed by atoms with Gasteiger partial charge in [0.05, 0.1) is 0 Å². The number of carbonyl (C=O) groups is 1. The van der Waals surface area contributed by atoms with Gasteiger partial charge in [-0.25, -0.2) is 0 Å². The lowest BCUT2D eigenvalue weighted by Gasteiger charge is -2.31. The van der Waals surface area contributed by atoms with E-state index in [2.05, 4.69) is 37.9 Å². The Labute approximate surface area is 98.6 Å². The molecule has 0 bridgehead atoms. The van der Waals surface area contributed by atoms with Crippen LogP contribution in [0.25, 0.3) is 0 Å². The molecule has 1 heterocycles. The summed E-state index contributed by atoms with van der Waals surface area (Å²) in [5.74, 6) is -0.212. The number of nitrogens with zero attached hydrogens (tertiary/aromatic N) is 1. The van der Waals surface area contributed by atoms with Crippen LogP contribution in [0.5, 0.6) is 0 Å². The first kappa shape index (κ1) is 13.5. The number of hydrogen-bond donors (Lipinski definition) is 2. The second kappa shape index (κ2) is 5.15. The second-order valence-electron chi connectivity index (χ2n) is 5.21. The van der Waals surface area contributed by atoms with Crippen molar-refractivity contribution in [2.45, 2.75) is 58.2 Å². The van der Waals surface area contributed by atoms with E-state index in [1.807, 2.05) is 0 Å². The Morgan fingerprint density at radius 3 is 2.50 bits per heavy atom. The van der Waals surface area contributed by atoms with Gasteiger partial charge in [-0.05, 0) is 33.6 Å². The van der Waals surface area contributed by atoms with Crippen LogP contribution < -0.4 is 11.1 Å². The molecule has 2 atom stereocenters. The monoisotopic (exact) mass is 227 g/mol. The minimum absolute atomic E-state index is 0.212. The Hall–Kier alpha value is -0.610. The fourth-order valence-corrected chi connectivity index (χ4v) is 2.24. The molecule has 0 saturated carbocycles. The molecule has 0 aromatic heterocycles. The molecule has 3 N–H and O–H groups in total. The van der Waals surface area contributed by atoms with E-state index in [0.29, 0.717) is 12.1 Å². The van der Waals surface area contributed by atoms with Gasteiger partial charge < -0.3 is 5.73 Å². The Balaban J connectivity index is 2.73. The van der Waals surface area contributed by atoms with Gasteiger partial charge in [0.1, 0.15) is 5.54 Å². The zero-order valence-electron chi connectivity index (χ0n) is 10.9. The summed E-state index contributed by atoms with van der Waals surface area (Å²) >= 11 is 0. The molecular weight excluding hydrogens is 202 g/mol. The molecule has 16 heavy (non-hydrogen) atoms. The van der Waals surface area contributed by atoms with Crippen molar-refractivity contribution in [3.05, 3.63) is 0 Å². The van der Waals surface area contributed by atoms with Gasteiger partial charge in [0.2, 0.25) is 5.91 Å². The molecule has 1 saturated heterocycles. The van der Waals surface area contributed by atoms with Crippen molar-refractivity contribution in [2.75, 3.05) is 13.1 Å². The molecule has 4 nitrogen and oxygen atoms in total. The van der Waals surface area contributed by atoms with Crippen LogP contribution in [0.15, 0.2) is 0 Å². The molecule has 4 heteroatoms. The SMILES string of the molecule is CCC(C)NC1(C(N)=O)CCN(C(C)C)C1. The third-order valence-electron chi connectivity index (χ3n) is 3.64. The number of amides is 1. The van der Waals surface area contributed by atoms with Crippen LogP contribution in [0.4, 0.5) is 0 Å². The molecule has 0 aromatic carbocycles. The van der Waals surface area contributed by atoms with E-state index >= 15 is 0 Å². The number of likely N-dealkylation sites (tertiary alicyclic amines) is 1. The lowest BCUT2D eigenvalue weighted by molar-refractivity contribution is -0.124. The van der Waals surface area contributed by atoms with Gasteiger partial charge >= 0.3 is 0 Å². The average molecular weight is 227 g/mol. The van der Waals surface area contributed by atoms with Crippen molar-refractivity contribution in [1.29, 1.82) is 0 Å². The molecule has 0 aromatic rings. The van der Waals surface area contributed by atoms with Crippen LogP contribution in [0.1, 0.15) is 40.5 Å². The van der Waals surface area contributed by atoms with Crippen molar-refractivity contribution in [2.24, 2.45) is 5.73 Å². The van der Waals surface area contributed by atoms with Gasteiger partial charge in [0.15, 0.2) is 0 Å². The number of nitrogens with two attached hydrogens (primary N) is 1. The predicted octanol–water partition coefficient (Wildman–Crippen LogP) is 0.713. The quantitative estimate of drug-likeness (QED) is 0.727. The third-order valence-corrected chi connectivity index (χ3v) is 3.64. The first-order valence-electron chi connectivity index (χ1n) is 6.23. The lowest BCUT2D eigenvalue weighted by Crippen LogP contribution is -2.59. The van der Waals surface area contributed by atoms with Crippen LogP contribution in [0.3, 0.4) is 0 Å². The van der Waals surface area contributed by atoms with Gasteiger partial charge in [-0.1, -0.05) is 6.92 Å². The minimum Gasteiger partial charge on any atom is -0.368 e. The lowest BCUT2D eigenvalue weighted by atomic mass is 9.96. The minimum atomic E-state index is -0.514. The summed E-state index contributed by atoms with van der Waals surface area (Å²) in [5, 5.41) is 3.41. The number of nitrogens with one attached hydrogen (secondary N) is 1. The fraction of sp³-hybridized carbons (Fsp3) is 0.917. The molecule has 1 fully saturated rings. The summed E-state index contributed by atoms with van der Waals surface area (Å²) in [6.45, 7) is 10.2. The summed E-state index contributed by atoms with van der Waals surface area (Å²) in [5.41, 5.74) is 5.06. The van der Waals surface area contributed by atoms with Crippen LogP contribution in [0, 0.1) is 0 Å². The van der Waals surface area contributed by atoms with Crippen molar-refractivity contribution in [3.63, 3.8) is 0 Å². The average Bonchev–Trinajstić information content (AvgIpc) is 2.63. The summed E-state index contributed by atoms with van der Waals surface area (Å²) < 4.78 is 0. The van der Waals surface area contributed by atoms with Gasteiger partial charge in [0.25, 0.3) is 0 Å². The van der Waals surface area contributed by atoms with E-state index in [9.17, 15) is 4.79 Å². The van der Waals surface area contributed by atoms with Crippen LogP contribution >= 0.6 is 0 Å². The van der Waals surface area contributed by atoms with Crippen LogP contribution in [-0.4, -0.2) is 41.5 Å². The van der Waals surface area contributed by atoms with E-state index in [1.165, 1.54) is 0 Å². The van der Waals surface area contributed by atoms with E-state index in [1.54, 1.807) is 0 Å². The molecule has 0 radical (unpaired) electrons. The molecule has 1 amide bonds. The summed E-state index contributed by atoms with van der Waals surface area (Å²) in [6.07, 6.45) is 1.83. The van der Waals surface area contributed by atoms with Crippen molar-refractivity contribution >= 4 is 5.91 Å². The van der Waals surface area contributed by atoms with Gasteiger partial charge in [-0.3, -0.25) is 15.0 Å². The highest BCUT2D eigenvalue weighted by Gasteiger charge is 2.44. The van der Waals surface area contributed by atoms with Gasteiger partial charge in [-0.15, -0.1) is 0 Å². The van der Waals surface area contributed by atoms with E-state index < -0.39 is 5.54 Å². The highest BCUT2D eigenvalue weighted by atomic mass is 16.1. The molecule has 2 unspecified atom stereocenters. The van der Waals surface area contributed by atoms with Crippen LogP contribution in [-0.2, 0) is 4.79 Å². The molecule has 1 rings (SSSR count). The first-order chi connectivity index (χ1) is 7.41. The van der Waals surface area contributed by atoms with Gasteiger partial charge in [0, 0.05) is 25.2 Å². The van der Waals surface area contributed by atoms with E-state index in [4.69, 9.17) is 5.73 Å². The van der Waals surface area contributed by atoms with E-state index in [-0.39, 0.29) is 5.91 Å². The summed E-state index contributed by atoms with van der Waals surface area (Å²) in [7, 11) is 0. The van der Waals surface area contributed by atoms with Crippen molar-refractivity contribution < 1.29 is 4.79 Å². The fourth-order valence-electron chi connectivity index (χ4n) is 2.24. The normalized spacial score (nSPS) is 28.6. The maximum atomic E-state index is 11.7. The summed E-state index contributed by atoms with van der Waals surface area (Å²) in [6, 6.07) is 0.805. The van der Waals surface area contributed by atoms with Crippen LogP contribution in [0.2, 0.25) is 0 Å². The predicted molar refractivity (Wildman–Crippen MR) is 66.1 cm³/mol. The maximum absolute atomic E-state index is 11.7. The molecule has 1 aliphatic heterocycles. The second-order valence-corrected chi connectivity index (χ2v) is 5.21. The maximum Gasteiger partial charge on any atom is 0.239 e. The number of carbonyl (C=O) groups excluding carboxylic acids is 1. The standard InChI is InChI=1S/C12H25N3O/c1-5-10(4)14-12(11(13)16)6-7-15(8-12)9(2)3/h9-10,14H,5-8H2,1-4H3,(H2,13,16). The Morgan fingerprint density at radius 1 is 1.50 bits per heavy atom. The highest BCUT2D eigenvalue weighted by Crippen LogP contribution is 2.23. The van der Waals surface area contributed by atoms with E-state index in [0.717, 1.165) is 25.9 Å². The van der Waals surface area contributed by atoms with Crippen molar-refractivity contribution in [3.8, 4) is 0 Å². The van der Waals surface area contributed by atoms with Crippen molar-refractivity contribution in [1.82, 2.24) is 10.2 Å². The Kier molecular flexibility index (Phi) is 4.33. The third kappa shape index (κ3) is 2.74. The number of hydrogen-bond acceptors (Lipinski definition) is 3. The number of primary amides is 1. The Bertz CT molecular complexity index is 255. The smallest absolute Gasteiger partial charge is 0.239 e. The largest absolute Gasteiger partial charge is 0.368 e. The molecule has 0 aliphatic carbocycles. The molecule has 0 spiro atoms. The highest BCUT2D eigenvalue weighted by molar-refractivity contribution is 5.85. The summed E-state index contributed by atoms with van der Waals surface area (Å²) in [4.78, 5) is 14.0. The van der Waals surface area contributed by atoms with Gasteiger partial charge in [-0.2, -0.15) is 0 Å². The first-order valence-corrected chi connectivity index (χ1v) is 6.23. The molecule has 1 aliphatic rings. The molecular formula is C12H25N3O. The molecule has 94 valence electrons. The zero-order chi connectivity index (χ0) is 12.3.